The van der Waals surface area contributed by atoms with Crippen LogP contribution in [0.3, 0.4) is 0 Å². The van der Waals surface area contributed by atoms with Crippen molar-refractivity contribution in [3.05, 3.63) is 11.6 Å². The summed E-state index contributed by atoms with van der Waals surface area (Å²) in [6, 6.07) is 0. The lowest BCUT2D eigenvalue weighted by Crippen LogP contribution is -2.67. The molecule has 0 heterocycles. The molecule has 5 aliphatic carbocycles. The second kappa shape index (κ2) is 6.88. The van der Waals surface area contributed by atoms with E-state index in [-0.39, 0.29) is 38.6 Å². The molecule has 0 spiro atoms. The molecule has 4 fully saturated rings. The van der Waals surface area contributed by atoms with Crippen molar-refractivity contribution < 1.29 is 15.3 Å². The van der Waals surface area contributed by atoms with Crippen LogP contribution in [0.5, 0.6) is 0 Å². The molecular weight excluding hydrogens is 408 g/mol. The smallest absolute Gasteiger partial charge is 0.0852 e. The Labute approximate surface area is 202 Å². The van der Waals surface area contributed by atoms with E-state index in [1.807, 2.05) is 0 Å². The van der Waals surface area contributed by atoms with Crippen molar-refractivity contribution >= 4 is 0 Å². The fourth-order valence-electron chi connectivity index (χ4n) is 10.8. The second-order valence-corrected chi connectivity index (χ2v) is 15.5. The van der Waals surface area contributed by atoms with E-state index in [9.17, 15) is 15.3 Å². The largest absolute Gasteiger partial charge is 0.393 e. The van der Waals surface area contributed by atoms with Crippen molar-refractivity contribution in [3.8, 4) is 0 Å². The topological polar surface area (TPSA) is 60.7 Å². The highest BCUT2D eigenvalue weighted by Crippen LogP contribution is 2.75. The summed E-state index contributed by atoms with van der Waals surface area (Å²) in [7, 11) is 0. The molecule has 33 heavy (non-hydrogen) atoms. The molecule has 5 aliphatic rings. The predicted octanol–water partition coefficient (Wildman–Crippen LogP) is 6.11. The zero-order valence-electron chi connectivity index (χ0n) is 22.5. The van der Waals surface area contributed by atoms with Crippen LogP contribution in [0.4, 0.5) is 0 Å². The minimum absolute atomic E-state index is 0.00169. The van der Waals surface area contributed by atoms with Gasteiger partial charge in [-0.2, -0.15) is 0 Å². The van der Waals surface area contributed by atoms with Crippen molar-refractivity contribution in [1.82, 2.24) is 0 Å². The van der Waals surface area contributed by atoms with Gasteiger partial charge in [0.15, 0.2) is 0 Å². The Bertz CT molecular complexity index is 859. The Hall–Kier alpha value is -0.380. The van der Waals surface area contributed by atoms with Gasteiger partial charge >= 0.3 is 0 Å². The third-order valence-corrected chi connectivity index (χ3v) is 13.1. The molecule has 0 aromatic rings. The predicted molar refractivity (Wildman–Crippen MR) is 133 cm³/mol. The maximum Gasteiger partial charge on any atom is 0.0852 e. The first-order chi connectivity index (χ1) is 15.0. The highest BCUT2D eigenvalue weighted by atomic mass is 16.3. The van der Waals surface area contributed by atoms with Gasteiger partial charge in [-0.15, -0.1) is 0 Å². The number of hydrogen-bond acceptors (Lipinski definition) is 3. The summed E-state index contributed by atoms with van der Waals surface area (Å²) in [5.74, 6) is 1.42. The average Bonchev–Trinajstić information content (AvgIpc) is 2.68. The summed E-state index contributed by atoms with van der Waals surface area (Å²) in [6.07, 6.45) is 9.63. The molecule has 5 rings (SSSR count). The number of allylic oxidation sites excluding steroid dienone is 2. The third-order valence-electron chi connectivity index (χ3n) is 13.1. The summed E-state index contributed by atoms with van der Waals surface area (Å²) >= 11 is 0. The van der Waals surface area contributed by atoms with Crippen LogP contribution >= 0.6 is 0 Å². The van der Waals surface area contributed by atoms with Gasteiger partial charge in [-0.25, -0.2) is 0 Å². The zero-order valence-corrected chi connectivity index (χ0v) is 22.5. The Morgan fingerprint density at radius 1 is 0.758 bits per heavy atom. The van der Waals surface area contributed by atoms with Gasteiger partial charge in [-0.1, -0.05) is 67.0 Å². The molecule has 0 aliphatic heterocycles. The third kappa shape index (κ3) is 2.91. The first kappa shape index (κ1) is 24.3. The summed E-state index contributed by atoms with van der Waals surface area (Å²) < 4.78 is 0. The second-order valence-electron chi connectivity index (χ2n) is 15.5. The van der Waals surface area contributed by atoms with Crippen LogP contribution in [-0.4, -0.2) is 33.6 Å². The SMILES string of the molecule is CC1(C)C[C@@H](O)[C@]2(C)CC[C@]3(C)C(=CC[C@@H]4[C@@]5(C)C[C@H](O)[C@@H](O)C(C)(C)[C@@H]5CC[C@]43C)[C@@H]2C1. The standard InChI is InChI=1S/C30H50O3/c1-25(2)15-19-18-9-10-22-28(6)16-20(31)24(33)26(3,4)21(28)11-12-30(22,8)29(18,7)14-13-27(19,5)23(32)17-25/h9,19-24,31-33H,10-17H2,1-8H3/t19-,20-,21-,22+,23+,24+,27+,28-,29+,30+/m0/s1. The Morgan fingerprint density at radius 3 is 2.09 bits per heavy atom. The molecule has 3 nitrogen and oxygen atoms in total. The molecule has 188 valence electrons. The summed E-state index contributed by atoms with van der Waals surface area (Å²) in [6.45, 7) is 19.0. The van der Waals surface area contributed by atoms with Crippen molar-refractivity contribution in [1.29, 1.82) is 0 Å². The van der Waals surface area contributed by atoms with Crippen molar-refractivity contribution in [2.45, 2.75) is 125 Å². The molecule has 3 heteroatoms. The molecule has 0 saturated heterocycles. The molecule has 3 N–H and O–H groups in total. The molecular formula is C30H50O3. The molecule has 0 bridgehead atoms. The number of hydrogen-bond donors (Lipinski definition) is 3. The molecule has 4 saturated carbocycles. The fraction of sp³-hybridized carbons (Fsp3) is 0.933. The summed E-state index contributed by atoms with van der Waals surface area (Å²) in [5, 5.41) is 33.2. The maximum atomic E-state index is 11.3. The van der Waals surface area contributed by atoms with Crippen molar-refractivity contribution in [2.24, 2.45) is 50.2 Å². The quantitative estimate of drug-likeness (QED) is 0.384. The van der Waals surface area contributed by atoms with Gasteiger partial charge in [0.2, 0.25) is 0 Å². The molecule has 0 unspecified atom stereocenters. The van der Waals surface area contributed by atoms with Crippen molar-refractivity contribution in [2.75, 3.05) is 0 Å². The summed E-state index contributed by atoms with van der Waals surface area (Å²) in [4.78, 5) is 0. The maximum absolute atomic E-state index is 11.3. The van der Waals surface area contributed by atoms with Crippen LogP contribution in [0.2, 0.25) is 0 Å². The van der Waals surface area contributed by atoms with E-state index < -0.39 is 12.2 Å². The zero-order chi connectivity index (χ0) is 24.4. The Balaban J connectivity index is 1.59. The first-order valence-electron chi connectivity index (χ1n) is 13.8. The van der Waals surface area contributed by atoms with Gasteiger partial charge in [0.1, 0.15) is 0 Å². The van der Waals surface area contributed by atoms with Gasteiger partial charge < -0.3 is 15.3 Å². The minimum Gasteiger partial charge on any atom is -0.393 e. The minimum atomic E-state index is -0.634. The van der Waals surface area contributed by atoms with Gasteiger partial charge in [0.25, 0.3) is 0 Å². The van der Waals surface area contributed by atoms with Crippen LogP contribution in [-0.2, 0) is 0 Å². The number of fused-ring (bicyclic) bond motifs is 7. The molecule has 0 aromatic heterocycles. The monoisotopic (exact) mass is 458 g/mol. The normalized spacial score (nSPS) is 57.1. The molecule has 0 amide bonds. The van der Waals surface area contributed by atoms with Crippen LogP contribution in [0, 0.1) is 50.2 Å². The van der Waals surface area contributed by atoms with Crippen LogP contribution in [0.1, 0.15) is 107 Å². The number of rotatable bonds is 0. The molecule has 0 aromatic carbocycles. The van der Waals surface area contributed by atoms with E-state index >= 15 is 0 Å². The van der Waals surface area contributed by atoms with E-state index in [2.05, 4.69) is 61.5 Å². The van der Waals surface area contributed by atoms with Crippen LogP contribution < -0.4 is 0 Å². The number of aliphatic hydroxyl groups is 3. The highest BCUT2D eigenvalue weighted by Gasteiger charge is 2.69. The number of aliphatic hydroxyl groups excluding tert-OH is 3. The van der Waals surface area contributed by atoms with Gasteiger partial charge in [0, 0.05) is 5.41 Å². The average molecular weight is 459 g/mol. The van der Waals surface area contributed by atoms with Crippen molar-refractivity contribution in [3.63, 3.8) is 0 Å². The lowest BCUT2D eigenvalue weighted by Gasteiger charge is -2.72. The van der Waals surface area contributed by atoms with Gasteiger partial charge in [0.05, 0.1) is 18.3 Å². The highest BCUT2D eigenvalue weighted by molar-refractivity contribution is 5.34. The van der Waals surface area contributed by atoms with Gasteiger partial charge in [-0.05, 0) is 96.2 Å². The molecule has 10 atom stereocenters. The Kier molecular flexibility index (Phi) is 5.07. The molecule has 0 radical (unpaired) electrons. The van der Waals surface area contributed by atoms with Crippen LogP contribution in [0.25, 0.3) is 0 Å². The van der Waals surface area contributed by atoms with Crippen LogP contribution in [0.15, 0.2) is 11.6 Å². The Morgan fingerprint density at radius 2 is 1.42 bits per heavy atom. The summed E-state index contributed by atoms with van der Waals surface area (Å²) in [5.41, 5.74) is 1.93. The van der Waals surface area contributed by atoms with E-state index in [0.717, 1.165) is 32.1 Å². The fourth-order valence-corrected chi connectivity index (χ4v) is 10.8. The van der Waals surface area contributed by atoms with E-state index in [1.165, 1.54) is 12.8 Å². The van der Waals surface area contributed by atoms with E-state index in [1.54, 1.807) is 5.57 Å². The lowest BCUT2D eigenvalue weighted by molar-refractivity contribution is -0.233. The van der Waals surface area contributed by atoms with E-state index in [0.29, 0.717) is 24.2 Å². The van der Waals surface area contributed by atoms with Gasteiger partial charge in [-0.3, -0.25) is 0 Å². The lowest BCUT2D eigenvalue weighted by atomic mass is 9.33. The van der Waals surface area contributed by atoms with E-state index in [4.69, 9.17) is 0 Å². The first-order valence-corrected chi connectivity index (χ1v) is 13.8.